The lowest BCUT2D eigenvalue weighted by atomic mass is 10.1. The normalized spacial score (nSPS) is 11.5. The average molecular weight is 425 g/mol. The maximum atomic E-state index is 5.74. The van der Waals surface area contributed by atoms with Gasteiger partial charge in [0.25, 0.3) is 0 Å². The first-order valence-corrected chi connectivity index (χ1v) is 10.6. The van der Waals surface area contributed by atoms with Crippen LogP contribution < -0.4 is 4.74 Å². The van der Waals surface area contributed by atoms with E-state index in [2.05, 4.69) is 61.5 Å². The highest BCUT2D eigenvalue weighted by Crippen LogP contribution is 2.26. The Balaban J connectivity index is 1.41. The maximum absolute atomic E-state index is 5.74. The van der Waals surface area contributed by atoms with E-state index in [1.54, 1.807) is 12.4 Å². The van der Waals surface area contributed by atoms with Crippen molar-refractivity contribution in [1.29, 1.82) is 0 Å². The molecular formula is C25H24N6O. The van der Waals surface area contributed by atoms with Crippen LogP contribution in [-0.4, -0.2) is 56.5 Å². The van der Waals surface area contributed by atoms with Gasteiger partial charge in [0, 0.05) is 47.7 Å². The predicted octanol–water partition coefficient (Wildman–Crippen LogP) is 4.34. The fourth-order valence-corrected chi connectivity index (χ4v) is 3.66. The fourth-order valence-electron chi connectivity index (χ4n) is 3.66. The van der Waals surface area contributed by atoms with Crippen LogP contribution in [0.5, 0.6) is 5.88 Å². The second-order valence-electron chi connectivity index (χ2n) is 7.95. The topological polar surface area (TPSA) is 68.4 Å². The third-order valence-corrected chi connectivity index (χ3v) is 5.33. The summed E-state index contributed by atoms with van der Waals surface area (Å²) in [4.78, 5) is 20.1. The lowest BCUT2D eigenvalue weighted by Gasteiger charge is -2.10. The highest BCUT2D eigenvalue weighted by molar-refractivity contribution is 5.84. The Morgan fingerprint density at radius 3 is 2.66 bits per heavy atom. The molecule has 32 heavy (non-hydrogen) atoms. The van der Waals surface area contributed by atoms with Crippen molar-refractivity contribution in [2.45, 2.75) is 6.42 Å². The van der Waals surface area contributed by atoms with Crippen molar-refractivity contribution in [3.63, 3.8) is 0 Å². The number of rotatable bonds is 7. The number of hydrogen-bond acceptors (Lipinski definition) is 6. The molecule has 0 atom stereocenters. The van der Waals surface area contributed by atoms with E-state index >= 15 is 0 Å². The zero-order chi connectivity index (χ0) is 21.9. The first kappa shape index (κ1) is 20.1. The van der Waals surface area contributed by atoms with Gasteiger partial charge in [-0.1, -0.05) is 12.1 Å². The van der Waals surface area contributed by atoms with Gasteiger partial charge in [-0.05, 0) is 44.8 Å². The molecule has 0 N–H and O–H groups in total. The lowest BCUT2D eigenvalue weighted by molar-refractivity contribution is 0.273. The van der Waals surface area contributed by atoms with Crippen LogP contribution in [0.2, 0.25) is 0 Å². The molecule has 160 valence electrons. The Kier molecular flexibility index (Phi) is 5.47. The summed E-state index contributed by atoms with van der Waals surface area (Å²) in [5, 5.41) is 1.10. The van der Waals surface area contributed by atoms with Crippen molar-refractivity contribution in [2.24, 2.45) is 0 Å². The molecule has 7 nitrogen and oxygen atoms in total. The zero-order valence-electron chi connectivity index (χ0n) is 18.1. The smallest absolute Gasteiger partial charge is 0.213 e. The quantitative estimate of drug-likeness (QED) is 0.362. The lowest BCUT2D eigenvalue weighted by Crippen LogP contribution is -2.15. The Bertz CT molecular complexity index is 1360. The summed E-state index contributed by atoms with van der Waals surface area (Å²) in [6.07, 6.45) is 10.2. The molecule has 0 aliphatic heterocycles. The van der Waals surface area contributed by atoms with Gasteiger partial charge in [0.05, 0.1) is 35.9 Å². The molecule has 0 unspecified atom stereocenters. The number of nitrogens with zero attached hydrogens (tertiary/aromatic N) is 6. The van der Waals surface area contributed by atoms with Crippen molar-refractivity contribution in [1.82, 2.24) is 29.2 Å². The van der Waals surface area contributed by atoms with E-state index in [9.17, 15) is 0 Å². The van der Waals surface area contributed by atoms with Gasteiger partial charge in [0.1, 0.15) is 0 Å². The summed E-state index contributed by atoms with van der Waals surface area (Å²) in [6, 6.07) is 14.1. The van der Waals surface area contributed by atoms with Crippen LogP contribution in [0.4, 0.5) is 0 Å². The van der Waals surface area contributed by atoms with Gasteiger partial charge in [0.15, 0.2) is 5.65 Å². The number of aromatic nitrogens is 5. The molecular weight excluding hydrogens is 400 g/mol. The predicted molar refractivity (Wildman–Crippen MR) is 126 cm³/mol. The van der Waals surface area contributed by atoms with Crippen molar-refractivity contribution >= 4 is 16.6 Å². The van der Waals surface area contributed by atoms with E-state index in [1.165, 1.54) is 0 Å². The summed E-state index contributed by atoms with van der Waals surface area (Å²) in [5.41, 5.74) is 5.60. The monoisotopic (exact) mass is 424 g/mol. The molecule has 4 heterocycles. The maximum Gasteiger partial charge on any atom is 0.213 e. The largest absolute Gasteiger partial charge is 0.478 e. The van der Waals surface area contributed by atoms with Gasteiger partial charge < -0.3 is 9.64 Å². The Morgan fingerprint density at radius 1 is 0.906 bits per heavy atom. The Labute approximate surface area is 186 Å². The second-order valence-corrected chi connectivity index (χ2v) is 7.95. The minimum atomic E-state index is 0.627. The van der Waals surface area contributed by atoms with Crippen LogP contribution in [0.15, 0.2) is 73.4 Å². The van der Waals surface area contributed by atoms with Crippen molar-refractivity contribution < 1.29 is 4.74 Å². The van der Waals surface area contributed by atoms with Crippen LogP contribution in [-0.2, 0) is 0 Å². The number of benzene rings is 1. The SMILES string of the molecule is CN(C)CCCOc1ccc(-c2cn3c(-c4ccc5ncccc5c4)cnc3cn2)cn1. The van der Waals surface area contributed by atoms with Gasteiger partial charge in [-0.15, -0.1) is 0 Å². The standard InChI is InChI=1S/C25H24N6O/c1-30(2)11-4-12-32-25-9-7-20(14-29-25)22-17-31-23(15-28-24(31)16-27-22)19-6-8-21-18(13-19)5-3-10-26-21/h3,5-10,13-17H,4,11-12H2,1-2H3. The van der Waals surface area contributed by atoms with Gasteiger partial charge in [-0.25, -0.2) is 9.97 Å². The molecule has 0 saturated heterocycles. The Hall–Kier alpha value is -3.84. The molecule has 7 heteroatoms. The highest BCUT2D eigenvalue weighted by Gasteiger charge is 2.10. The number of hydrogen-bond donors (Lipinski definition) is 0. The number of imidazole rings is 1. The van der Waals surface area contributed by atoms with Crippen LogP contribution >= 0.6 is 0 Å². The summed E-state index contributed by atoms with van der Waals surface area (Å²) in [5.74, 6) is 0.627. The molecule has 5 rings (SSSR count). The van der Waals surface area contributed by atoms with Gasteiger partial charge in [-0.2, -0.15) is 0 Å². The van der Waals surface area contributed by atoms with Crippen LogP contribution in [0.3, 0.4) is 0 Å². The molecule has 0 saturated carbocycles. The van der Waals surface area contributed by atoms with Crippen molar-refractivity contribution in [2.75, 3.05) is 27.2 Å². The van der Waals surface area contributed by atoms with E-state index in [4.69, 9.17) is 4.74 Å². The van der Waals surface area contributed by atoms with Gasteiger partial charge in [0.2, 0.25) is 5.88 Å². The first-order chi connectivity index (χ1) is 15.7. The van der Waals surface area contributed by atoms with E-state index in [0.29, 0.717) is 12.5 Å². The van der Waals surface area contributed by atoms with Gasteiger partial charge in [-0.3, -0.25) is 14.4 Å². The Morgan fingerprint density at radius 2 is 1.81 bits per heavy atom. The summed E-state index contributed by atoms with van der Waals surface area (Å²) in [6.45, 7) is 1.64. The molecule has 5 aromatic rings. The minimum absolute atomic E-state index is 0.627. The summed E-state index contributed by atoms with van der Waals surface area (Å²) in [7, 11) is 4.11. The molecule has 0 amide bonds. The molecule has 0 aliphatic rings. The molecule has 0 spiro atoms. The summed E-state index contributed by atoms with van der Waals surface area (Å²) >= 11 is 0. The zero-order valence-corrected chi connectivity index (χ0v) is 18.1. The van der Waals surface area contributed by atoms with E-state index in [0.717, 1.165) is 52.0 Å². The fraction of sp³-hybridized carbons (Fsp3) is 0.200. The number of pyridine rings is 2. The highest BCUT2D eigenvalue weighted by atomic mass is 16.5. The molecule has 4 aromatic heterocycles. The molecule has 0 fully saturated rings. The molecule has 0 aliphatic carbocycles. The molecule has 1 aromatic carbocycles. The van der Waals surface area contributed by atoms with E-state index in [-0.39, 0.29) is 0 Å². The number of fused-ring (bicyclic) bond motifs is 2. The minimum Gasteiger partial charge on any atom is -0.478 e. The second kappa shape index (κ2) is 8.72. The van der Waals surface area contributed by atoms with Crippen molar-refractivity contribution in [3.8, 4) is 28.4 Å². The third-order valence-electron chi connectivity index (χ3n) is 5.33. The first-order valence-electron chi connectivity index (χ1n) is 10.6. The van der Waals surface area contributed by atoms with E-state index < -0.39 is 0 Å². The van der Waals surface area contributed by atoms with Crippen LogP contribution in [0, 0.1) is 0 Å². The third kappa shape index (κ3) is 4.15. The molecule has 0 radical (unpaired) electrons. The van der Waals surface area contributed by atoms with Crippen LogP contribution in [0.25, 0.3) is 39.1 Å². The van der Waals surface area contributed by atoms with E-state index in [1.807, 2.05) is 42.9 Å². The number of ether oxygens (including phenoxy) is 1. The van der Waals surface area contributed by atoms with Crippen molar-refractivity contribution in [3.05, 3.63) is 73.4 Å². The van der Waals surface area contributed by atoms with Gasteiger partial charge >= 0.3 is 0 Å². The van der Waals surface area contributed by atoms with Crippen LogP contribution in [0.1, 0.15) is 6.42 Å². The summed E-state index contributed by atoms with van der Waals surface area (Å²) < 4.78 is 7.80. The molecule has 0 bridgehead atoms. The average Bonchev–Trinajstić information content (AvgIpc) is 3.25.